The van der Waals surface area contributed by atoms with Crippen molar-refractivity contribution in [2.45, 2.75) is 51.9 Å². The summed E-state index contributed by atoms with van der Waals surface area (Å²) in [6.07, 6.45) is -0.595. The first kappa shape index (κ1) is 27.0. The molecule has 1 aliphatic heterocycles. The van der Waals surface area contributed by atoms with Crippen molar-refractivity contribution >= 4 is 40.1 Å². The van der Waals surface area contributed by atoms with Crippen molar-refractivity contribution in [1.82, 2.24) is 9.80 Å². The predicted octanol–water partition coefficient (Wildman–Crippen LogP) is 4.88. The van der Waals surface area contributed by atoms with Gasteiger partial charge in [0.25, 0.3) is 5.91 Å². The molecule has 4 rings (SSSR count). The van der Waals surface area contributed by atoms with Gasteiger partial charge in [0.05, 0.1) is 17.9 Å². The highest BCUT2D eigenvalue weighted by Crippen LogP contribution is 2.32. The van der Waals surface area contributed by atoms with Crippen LogP contribution in [0.1, 0.15) is 33.3 Å². The molecule has 38 heavy (non-hydrogen) atoms. The van der Waals surface area contributed by atoms with Gasteiger partial charge in [-0.15, -0.1) is 0 Å². The van der Waals surface area contributed by atoms with Gasteiger partial charge in [0.2, 0.25) is 5.91 Å². The van der Waals surface area contributed by atoms with Gasteiger partial charge in [0, 0.05) is 20.6 Å². The number of carbonyl (C=O) groups is 3. The van der Waals surface area contributed by atoms with Crippen molar-refractivity contribution in [3.63, 3.8) is 0 Å². The Bertz CT molecular complexity index is 1340. The van der Waals surface area contributed by atoms with E-state index in [2.05, 4.69) is 23.5 Å². The van der Waals surface area contributed by atoms with E-state index in [9.17, 15) is 14.4 Å². The smallest absolute Gasteiger partial charge is 0.410 e. The number of nitrogens with zero attached hydrogens (tertiary/aromatic N) is 3. The minimum absolute atomic E-state index is 0.196. The third-order valence-corrected chi connectivity index (χ3v) is 6.88. The molecule has 1 N–H and O–H groups in total. The monoisotopic (exact) mass is 516 g/mol. The van der Waals surface area contributed by atoms with Crippen LogP contribution in [0.2, 0.25) is 0 Å². The van der Waals surface area contributed by atoms with E-state index >= 15 is 0 Å². The molecular weight excluding hydrogens is 480 g/mol. The van der Waals surface area contributed by atoms with Crippen molar-refractivity contribution in [2.75, 3.05) is 30.9 Å². The van der Waals surface area contributed by atoms with E-state index in [1.54, 1.807) is 39.6 Å². The van der Waals surface area contributed by atoms with E-state index in [4.69, 9.17) is 4.74 Å². The minimum atomic E-state index is -0.820. The molecule has 0 aliphatic carbocycles. The maximum absolute atomic E-state index is 14.1. The molecule has 8 heteroatoms. The Kier molecular flexibility index (Phi) is 7.62. The number of nitrogens with one attached hydrogen (secondary N) is 1. The molecule has 8 nitrogen and oxygen atoms in total. The molecule has 3 aromatic rings. The fourth-order valence-electron chi connectivity index (χ4n) is 4.62. The Morgan fingerprint density at radius 1 is 1.03 bits per heavy atom. The number of para-hydroxylation sites is 2. The largest absolute Gasteiger partial charge is 0.444 e. The lowest BCUT2D eigenvalue weighted by Crippen LogP contribution is -2.56. The summed E-state index contributed by atoms with van der Waals surface area (Å²) in [5, 5.41) is 5.53. The number of ether oxygens (including phenoxy) is 1. The molecular formula is C30H36N4O4. The van der Waals surface area contributed by atoms with E-state index in [1.165, 1.54) is 16.8 Å². The molecule has 0 aromatic heterocycles. The van der Waals surface area contributed by atoms with Gasteiger partial charge in [-0.1, -0.05) is 54.6 Å². The summed E-state index contributed by atoms with van der Waals surface area (Å²) in [6.45, 7) is 7.55. The SMILES string of the molecule is C[C@@H](C(=O)N(C)C1CNc2ccccc2N(Cc2cccc3ccccc23)C1=O)N(C)C(=O)OC(C)(C)C. The van der Waals surface area contributed by atoms with Crippen LogP contribution in [-0.4, -0.2) is 66.0 Å². The maximum atomic E-state index is 14.1. The number of carbonyl (C=O) groups excluding carboxylic acids is 3. The van der Waals surface area contributed by atoms with Gasteiger partial charge < -0.3 is 19.9 Å². The topological polar surface area (TPSA) is 82.2 Å². The average Bonchev–Trinajstić information content (AvgIpc) is 3.02. The van der Waals surface area contributed by atoms with Crippen LogP contribution >= 0.6 is 0 Å². The highest BCUT2D eigenvalue weighted by atomic mass is 16.6. The number of fused-ring (bicyclic) bond motifs is 2. The van der Waals surface area contributed by atoms with Crippen molar-refractivity contribution in [2.24, 2.45) is 0 Å². The lowest BCUT2D eigenvalue weighted by atomic mass is 10.0. The summed E-state index contributed by atoms with van der Waals surface area (Å²) < 4.78 is 5.43. The van der Waals surface area contributed by atoms with Crippen LogP contribution in [0.25, 0.3) is 10.8 Å². The Morgan fingerprint density at radius 3 is 2.42 bits per heavy atom. The number of benzene rings is 3. The van der Waals surface area contributed by atoms with Crippen LogP contribution in [0.3, 0.4) is 0 Å². The zero-order valence-corrected chi connectivity index (χ0v) is 22.9. The van der Waals surface area contributed by atoms with Crippen molar-refractivity contribution in [3.05, 3.63) is 72.3 Å². The Morgan fingerprint density at radius 2 is 1.68 bits per heavy atom. The molecule has 200 valence electrons. The summed E-state index contributed by atoms with van der Waals surface area (Å²) >= 11 is 0. The van der Waals surface area contributed by atoms with Gasteiger partial charge in [-0.25, -0.2) is 4.79 Å². The second-order valence-corrected chi connectivity index (χ2v) is 10.7. The minimum Gasteiger partial charge on any atom is -0.444 e. The van der Waals surface area contributed by atoms with Crippen molar-refractivity contribution in [3.8, 4) is 0 Å². The van der Waals surface area contributed by atoms with E-state index < -0.39 is 23.8 Å². The average molecular weight is 517 g/mol. The molecule has 0 radical (unpaired) electrons. The molecule has 0 saturated carbocycles. The van der Waals surface area contributed by atoms with Gasteiger partial charge in [-0.2, -0.15) is 0 Å². The Balaban J connectivity index is 1.62. The summed E-state index contributed by atoms with van der Waals surface area (Å²) in [5.74, 6) is -0.548. The van der Waals surface area contributed by atoms with Gasteiger partial charge in [0.1, 0.15) is 17.7 Å². The van der Waals surface area contributed by atoms with Crippen LogP contribution in [0.15, 0.2) is 66.7 Å². The first-order valence-electron chi connectivity index (χ1n) is 12.8. The lowest BCUT2D eigenvalue weighted by Gasteiger charge is -2.34. The summed E-state index contributed by atoms with van der Waals surface area (Å²) in [7, 11) is 3.14. The van der Waals surface area contributed by atoms with Gasteiger partial charge in [0.15, 0.2) is 0 Å². The molecule has 1 aliphatic rings. The highest BCUT2D eigenvalue weighted by Gasteiger charge is 2.38. The summed E-state index contributed by atoms with van der Waals surface area (Å²) in [5.41, 5.74) is 1.91. The Labute approximate surface area is 224 Å². The first-order valence-corrected chi connectivity index (χ1v) is 12.8. The number of anilines is 2. The maximum Gasteiger partial charge on any atom is 0.410 e. The van der Waals surface area contributed by atoms with Crippen molar-refractivity contribution in [1.29, 1.82) is 0 Å². The van der Waals surface area contributed by atoms with E-state index in [-0.39, 0.29) is 18.4 Å². The van der Waals surface area contributed by atoms with Crippen LogP contribution < -0.4 is 10.2 Å². The zero-order chi connectivity index (χ0) is 27.6. The third-order valence-electron chi connectivity index (χ3n) is 6.88. The van der Waals surface area contributed by atoms with Gasteiger partial charge >= 0.3 is 6.09 Å². The quantitative estimate of drug-likeness (QED) is 0.523. The molecule has 3 aromatic carbocycles. The molecule has 2 atom stereocenters. The molecule has 3 amide bonds. The van der Waals surface area contributed by atoms with E-state index in [0.29, 0.717) is 6.54 Å². The highest BCUT2D eigenvalue weighted by molar-refractivity contribution is 6.04. The molecule has 1 unspecified atom stereocenters. The number of amides is 3. The van der Waals surface area contributed by atoms with E-state index in [1.807, 2.05) is 48.5 Å². The molecule has 1 heterocycles. The van der Waals surface area contributed by atoms with E-state index in [0.717, 1.165) is 27.7 Å². The third kappa shape index (κ3) is 5.59. The standard InChI is InChI=1S/C30H36N4O4/c1-20(32(5)29(37)38-30(2,3)4)27(35)33(6)26-18-31-24-16-9-10-17-25(24)34(28(26)36)19-22-14-11-13-21-12-7-8-15-23(21)22/h7-17,20,26,31H,18-19H2,1-6H3/t20-,26?/m0/s1. The normalized spacial score (nSPS) is 16.2. The van der Waals surface area contributed by atoms with Crippen LogP contribution in [0, 0.1) is 0 Å². The van der Waals surface area contributed by atoms with Crippen LogP contribution in [0.4, 0.5) is 16.2 Å². The van der Waals surface area contributed by atoms with Gasteiger partial charge in [-0.05, 0) is 56.2 Å². The first-order chi connectivity index (χ1) is 18.0. The number of rotatable bonds is 5. The second-order valence-electron chi connectivity index (χ2n) is 10.7. The summed E-state index contributed by atoms with van der Waals surface area (Å²) in [6, 6.07) is 20.2. The van der Waals surface area contributed by atoms with Crippen LogP contribution in [0.5, 0.6) is 0 Å². The number of hydrogen-bond acceptors (Lipinski definition) is 5. The van der Waals surface area contributed by atoms with Crippen LogP contribution in [-0.2, 0) is 20.9 Å². The fourth-order valence-corrected chi connectivity index (χ4v) is 4.62. The molecule has 0 bridgehead atoms. The number of hydrogen-bond donors (Lipinski definition) is 1. The van der Waals surface area contributed by atoms with Crippen molar-refractivity contribution < 1.29 is 19.1 Å². The fraction of sp³-hybridized carbons (Fsp3) is 0.367. The molecule has 0 fully saturated rings. The zero-order valence-electron chi connectivity index (χ0n) is 22.9. The number of likely N-dealkylation sites (N-methyl/N-ethyl adjacent to an activating group) is 2. The molecule has 0 spiro atoms. The second kappa shape index (κ2) is 10.7. The summed E-state index contributed by atoms with van der Waals surface area (Å²) in [4.78, 5) is 44.6. The Hall–Kier alpha value is -4.07. The lowest BCUT2D eigenvalue weighted by molar-refractivity contribution is -0.140. The molecule has 0 saturated heterocycles. The van der Waals surface area contributed by atoms with Gasteiger partial charge in [-0.3, -0.25) is 14.5 Å². The predicted molar refractivity (Wildman–Crippen MR) is 150 cm³/mol.